The van der Waals surface area contributed by atoms with Crippen LogP contribution in [0, 0.1) is 22.7 Å². The van der Waals surface area contributed by atoms with Gasteiger partial charge in [0.1, 0.15) is 23.3 Å². The highest BCUT2D eigenvalue weighted by Crippen LogP contribution is 2.33. The Morgan fingerprint density at radius 2 is 1.89 bits per heavy atom. The molecule has 0 radical (unpaired) electrons. The van der Waals surface area contributed by atoms with Gasteiger partial charge in [-0.2, -0.15) is 10.5 Å². The van der Waals surface area contributed by atoms with Crippen molar-refractivity contribution < 1.29 is 9.53 Å². The Labute approximate surface area is 172 Å². The fourth-order valence-electron chi connectivity index (χ4n) is 2.40. The average Bonchev–Trinajstić information content (AvgIpc) is 2.61. The summed E-state index contributed by atoms with van der Waals surface area (Å²) < 4.78 is 6.40. The van der Waals surface area contributed by atoms with Gasteiger partial charge in [-0.1, -0.05) is 28.1 Å². The normalized spacial score (nSPS) is 15.6. The number of carbonyl (C=O) groups is 1. The van der Waals surface area contributed by atoms with Crippen LogP contribution in [-0.2, 0) is 4.74 Å². The molecule has 0 saturated carbocycles. The topological polar surface area (TPSA) is 77.1 Å². The summed E-state index contributed by atoms with van der Waals surface area (Å²) in [6, 6.07) is 11.3. The summed E-state index contributed by atoms with van der Waals surface area (Å²) in [6.07, 6.45) is 2.16. The summed E-state index contributed by atoms with van der Waals surface area (Å²) in [6.45, 7) is 6.00. The third kappa shape index (κ3) is 5.89. The number of ether oxygens (including phenoxy) is 1. The second kappa shape index (κ2) is 9.12. The maximum absolute atomic E-state index is 12.6. The van der Waals surface area contributed by atoms with Crippen molar-refractivity contribution in [1.82, 2.24) is 4.90 Å². The van der Waals surface area contributed by atoms with Gasteiger partial charge in [0.2, 0.25) is 0 Å². The summed E-state index contributed by atoms with van der Waals surface area (Å²) >= 11 is 4.90. The van der Waals surface area contributed by atoms with E-state index >= 15 is 0 Å². The first-order chi connectivity index (χ1) is 12.7. The van der Waals surface area contributed by atoms with Gasteiger partial charge >= 0.3 is 6.09 Å². The lowest BCUT2D eigenvalue weighted by Gasteiger charge is -2.31. The fraction of sp³-hybridized carbons (Fsp3) is 0.350. The lowest BCUT2D eigenvalue weighted by atomic mass is 10.0. The quantitative estimate of drug-likeness (QED) is 0.564. The highest BCUT2D eigenvalue weighted by molar-refractivity contribution is 9.10. The smallest absolute Gasteiger partial charge is 0.415 e. The molecule has 0 aliphatic carbocycles. The molecule has 1 fully saturated rings. The van der Waals surface area contributed by atoms with Crippen LogP contribution in [0.3, 0.4) is 0 Å². The van der Waals surface area contributed by atoms with Gasteiger partial charge in [-0.25, -0.2) is 4.79 Å². The minimum absolute atomic E-state index is 0.000125. The van der Waals surface area contributed by atoms with Gasteiger partial charge in [0, 0.05) is 22.3 Å². The fourth-order valence-corrected chi connectivity index (χ4v) is 3.67. The zero-order chi connectivity index (χ0) is 20.0. The molecule has 5 nitrogen and oxygen atoms in total. The average molecular weight is 446 g/mol. The predicted molar refractivity (Wildman–Crippen MR) is 110 cm³/mol. The molecule has 0 atom stereocenters. The predicted octanol–water partition coefficient (Wildman–Crippen LogP) is 5.47. The van der Waals surface area contributed by atoms with Crippen molar-refractivity contribution in [2.75, 3.05) is 12.3 Å². The van der Waals surface area contributed by atoms with E-state index < -0.39 is 11.7 Å². The second-order valence-corrected chi connectivity index (χ2v) is 8.87. The second-order valence-electron chi connectivity index (χ2n) is 6.84. The van der Waals surface area contributed by atoms with Crippen LogP contribution in [0.5, 0.6) is 0 Å². The number of hydrogen-bond donors (Lipinski definition) is 0. The summed E-state index contributed by atoms with van der Waals surface area (Å²) in [4.78, 5) is 14.2. The van der Waals surface area contributed by atoms with E-state index in [2.05, 4.69) is 15.9 Å². The van der Waals surface area contributed by atoms with Crippen LogP contribution in [0.4, 0.5) is 4.79 Å². The van der Waals surface area contributed by atoms with Crippen molar-refractivity contribution >= 4 is 39.4 Å². The number of allylic oxidation sites excluding steroid dienone is 3. The standard InChI is InChI=1S/C20H20BrN3O2S/c1-20(2,3)26-19(25)24-9-4-10-27-18(24)11-17(15(12-22)13-23)14-5-7-16(21)8-6-14/h5-8,11H,4,9-10H2,1-3H3/b18-11-. The third-order valence-electron chi connectivity index (χ3n) is 3.57. The zero-order valence-electron chi connectivity index (χ0n) is 15.5. The van der Waals surface area contributed by atoms with Crippen molar-refractivity contribution in [2.24, 2.45) is 0 Å². The van der Waals surface area contributed by atoms with E-state index in [-0.39, 0.29) is 5.57 Å². The molecule has 1 amide bonds. The molecule has 0 spiro atoms. The number of nitrogens with zero attached hydrogens (tertiary/aromatic N) is 3. The number of amides is 1. The minimum atomic E-state index is -0.598. The van der Waals surface area contributed by atoms with Crippen LogP contribution >= 0.6 is 27.7 Å². The van der Waals surface area contributed by atoms with E-state index in [1.54, 1.807) is 11.0 Å². The lowest BCUT2D eigenvalue weighted by Crippen LogP contribution is -2.38. The molecule has 0 N–H and O–H groups in total. The van der Waals surface area contributed by atoms with Crippen LogP contribution in [-0.4, -0.2) is 28.9 Å². The van der Waals surface area contributed by atoms with Crippen LogP contribution < -0.4 is 0 Å². The molecule has 1 aromatic carbocycles. The third-order valence-corrected chi connectivity index (χ3v) is 5.23. The minimum Gasteiger partial charge on any atom is -0.443 e. The molecule has 1 aromatic rings. The zero-order valence-corrected chi connectivity index (χ0v) is 17.9. The van der Waals surface area contributed by atoms with Crippen LogP contribution in [0.2, 0.25) is 0 Å². The molecule has 1 aliphatic heterocycles. The number of rotatable bonds is 2. The van der Waals surface area contributed by atoms with E-state index in [9.17, 15) is 15.3 Å². The lowest BCUT2D eigenvalue weighted by molar-refractivity contribution is 0.0326. The Morgan fingerprint density at radius 3 is 2.44 bits per heavy atom. The van der Waals surface area contributed by atoms with Crippen LogP contribution in [0.15, 0.2) is 45.4 Å². The van der Waals surface area contributed by atoms with Crippen LogP contribution in [0.25, 0.3) is 5.57 Å². The van der Waals surface area contributed by atoms with Gasteiger partial charge in [0.15, 0.2) is 0 Å². The van der Waals surface area contributed by atoms with Crippen molar-refractivity contribution in [3.05, 3.63) is 51.0 Å². The van der Waals surface area contributed by atoms with Gasteiger partial charge in [-0.05, 0) is 51.0 Å². The molecule has 2 rings (SSSR count). The highest BCUT2D eigenvalue weighted by Gasteiger charge is 2.27. The van der Waals surface area contributed by atoms with Crippen molar-refractivity contribution in [2.45, 2.75) is 32.8 Å². The Hall–Kier alpha value is -2.22. The molecule has 140 valence electrons. The van der Waals surface area contributed by atoms with E-state index in [4.69, 9.17) is 4.74 Å². The van der Waals surface area contributed by atoms with Crippen molar-refractivity contribution in [3.63, 3.8) is 0 Å². The van der Waals surface area contributed by atoms with Crippen molar-refractivity contribution in [1.29, 1.82) is 10.5 Å². The number of hydrogen-bond acceptors (Lipinski definition) is 5. The summed E-state index contributed by atoms with van der Waals surface area (Å²) in [5, 5.41) is 19.5. The number of thioether (sulfide) groups is 1. The molecule has 0 aromatic heterocycles. The van der Waals surface area contributed by atoms with Gasteiger partial charge in [0.05, 0.1) is 5.03 Å². The Bertz CT molecular complexity index is 839. The maximum atomic E-state index is 12.6. The number of halogens is 1. The van der Waals surface area contributed by atoms with Gasteiger partial charge < -0.3 is 4.74 Å². The van der Waals surface area contributed by atoms with Gasteiger partial charge in [0.25, 0.3) is 0 Å². The number of carbonyl (C=O) groups excluding carboxylic acids is 1. The highest BCUT2D eigenvalue weighted by atomic mass is 79.9. The van der Waals surface area contributed by atoms with Crippen molar-refractivity contribution in [3.8, 4) is 12.1 Å². The Balaban J connectivity index is 2.49. The molecule has 0 bridgehead atoms. The molecule has 7 heteroatoms. The largest absolute Gasteiger partial charge is 0.443 e. The number of benzene rings is 1. The molecular formula is C20H20BrN3O2S. The van der Waals surface area contributed by atoms with E-state index in [1.807, 2.05) is 57.2 Å². The Kier molecular flexibility index (Phi) is 7.12. The molecule has 1 aliphatic rings. The molecule has 0 unspecified atom stereocenters. The van der Waals surface area contributed by atoms with Crippen LogP contribution in [0.1, 0.15) is 32.8 Å². The van der Waals surface area contributed by atoms with Gasteiger partial charge in [-0.3, -0.25) is 4.90 Å². The Morgan fingerprint density at radius 1 is 1.26 bits per heavy atom. The first-order valence-electron chi connectivity index (χ1n) is 8.40. The molecule has 1 saturated heterocycles. The van der Waals surface area contributed by atoms with E-state index in [1.165, 1.54) is 11.8 Å². The molecule has 1 heterocycles. The first-order valence-corrected chi connectivity index (χ1v) is 10.2. The maximum Gasteiger partial charge on any atom is 0.415 e. The van der Waals surface area contributed by atoms with E-state index in [0.29, 0.717) is 17.1 Å². The molecule has 27 heavy (non-hydrogen) atoms. The summed E-state index contributed by atoms with van der Waals surface area (Å²) in [5.74, 6) is 0.854. The van der Waals surface area contributed by atoms with E-state index in [0.717, 1.165) is 22.2 Å². The monoisotopic (exact) mass is 445 g/mol. The van der Waals surface area contributed by atoms with Gasteiger partial charge in [-0.15, -0.1) is 11.8 Å². The first kappa shape index (κ1) is 21.1. The SMILES string of the molecule is CC(C)(C)OC(=O)N1CCCS/C1=C\C(=C(C#N)C#N)c1ccc(Br)cc1. The summed E-state index contributed by atoms with van der Waals surface area (Å²) in [5.41, 5.74) is 0.629. The number of nitriles is 2. The summed E-state index contributed by atoms with van der Waals surface area (Å²) in [7, 11) is 0. The molecular weight excluding hydrogens is 426 g/mol.